The van der Waals surface area contributed by atoms with Gasteiger partial charge in [0.2, 0.25) is 5.91 Å². The predicted octanol–water partition coefficient (Wildman–Crippen LogP) is 1.92. The molecule has 1 N–H and O–H groups in total. The second-order valence-electron chi connectivity index (χ2n) is 4.26. The lowest BCUT2D eigenvalue weighted by atomic mass is 10.0. The van der Waals surface area contributed by atoms with Crippen molar-refractivity contribution in [1.29, 1.82) is 0 Å². The minimum absolute atomic E-state index is 0.0234. The van der Waals surface area contributed by atoms with Gasteiger partial charge in [0.05, 0.1) is 24.9 Å². The fourth-order valence-corrected chi connectivity index (χ4v) is 1.80. The molecule has 0 saturated carbocycles. The van der Waals surface area contributed by atoms with E-state index in [1.807, 2.05) is 13.8 Å². The van der Waals surface area contributed by atoms with Crippen LogP contribution < -0.4 is 5.32 Å². The minimum Gasteiger partial charge on any atom is -0.465 e. The molecule has 0 bridgehead atoms. The Morgan fingerprint density at radius 1 is 1.37 bits per heavy atom. The summed E-state index contributed by atoms with van der Waals surface area (Å²) in [6.07, 6.45) is 3.17. The standard InChI is InChI=1S/C14H20N2O3/c1-4-10(5-2)13(17)16-9-12-8-11(6-7-15-12)14(18)19-3/h6-8,10H,4-5,9H2,1-3H3,(H,16,17). The van der Waals surface area contributed by atoms with Crippen molar-refractivity contribution >= 4 is 11.9 Å². The van der Waals surface area contributed by atoms with Crippen molar-refractivity contribution in [1.82, 2.24) is 10.3 Å². The number of aromatic nitrogens is 1. The van der Waals surface area contributed by atoms with E-state index >= 15 is 0 Å². The van der Waals surface area contributed by atoms with Crippen LogP contribution >= 0.6 is 0 Å². The quantitative estimate of drug-likeness (QED) is 0.797. The first-order valence-corrected chi connectivity index (χ1v) is 6.43. The minimum atomic E-state index is -0.407. The maximum atomic E-state index is 11.8. The van der Waals surface area contributed by atoms with Crippen LogP contribution in [0.5, 0.6) is 0 Å². The molecule has 0 aliphatic heterocycles. The number of carbonyl (C=O) groups excluding carboxylic acids is 2. The number of ether oxygens (including phenoxy) is 1. The van der Waals surface area contributed by atoms with Gasteiger partial charge in [-0.15, -0.1) is 0 Å². The van der Waals surface area contributed by atoms with E-state index in [9.17, 15) is 9.59 Å². The molecule has 0 aliphatic rings. The van der Waals surface area contributed by atoms with Gasteiger partial charge >= 0.3 is 5.97 Å². The monoisotopic (exact) mass is 264 g/mol. The van der Waals surface area contributed by atoms with Crippen LogP contribution in [0.3, 0.4) is 0 Å². The topological polar surface area (TPSA) is 68.3 Å². The average Bonchev–Trinajstić information content (AvgIpc) is 2.45. The molecule has 0 aromatic carbocycles. The van der Waals surface area contributed by atoms with E-state index in [0.717, 1.165) is 12.8 Å². The lowest BCUT2D eigenvalue weighted by molar-refractivity contribution is -0.125. The Labute approximate surface area is 113 Å². The Balaban J connectivity index is 2.63. The number of hydrogen-bond donors (Lipinski definition) is 1. The number of carbonyl (C=O) groups is 2. The average molecular weight is 264 g/mol. The molecule has 5 heteroatoms. The number of nitrogens with zero attached hydrogens (tertiary/aromatic N) is 1. The molecule has 0 unspecified atom stereocenters. The van der Waals surface area contributed by atoms with Crippen LogP contribution in [0.2, 0.25) is 0 Å². The molecule has 0 aliphatic carbocycles. The van der Waals surface area contributed by atoms with Crippen LogP contribution in [-0.4, -0.2) is 24.0 Å². The molecule has 1 aromatic rings. The van der Waals surface area contributed by atoms with Crippen LogP contribution in [0.15, 0.2) is 18.3 Å². The predicted molar refractivity (Wildman–Crippen MR) is 71.5 cm³/mol. The van der Waals surface area contributed by atoms with Gasteiger partial charge in [0.15, 0.2) is 0 Å². The van der Waals surface area contributed by atoms with Gasteiger partial charge in [0.1, 0.15) is 0 Å². The molecule has 5 nitrogen and oxygen atoms in total. The molecule has 0 radical (unpaired) electrons. The number of hydrogen-bond acceptors (Lipinski definition) is 4. The zero-order chi connectivity index (χ0) is 14.3. The molecule has 0 fully saturated rings. The Morgan fingerprint density at radius 2 is 2.05 bits per heavy atom. The Hall–Kier alpha value is -1.91. The first-order chi connectivity index (χ1) is 9.12. The summed E-state index contributed by atoms with van der Waals surface area (Å²) in [7, 11) is 1.33. The second kappa shape index (κ2) is 7.51. The Morgan fingerprint density at radius 3 is 2.63 bits per heavy atom. The third-order valence-corrected chi connectivity index (χ3v) is 3.04. The SMILES string of the molecule is CCC(CC)C(=O)NCc1cc(C(=O)OC)ccn1. The van der Waals surface area contributed by atoms with Crippen molar-refractivity contribution in [2.24, 2.45) is 5.92 Å². The third kappa shape index (κ3) is 4.35. The summed E-state index contributed by atoms with van der Waals surface area (Å²) < 4.78 is 4.64. The zero-order valence-corrected chi connectivity index (χ0v) is 11.6. The van der Waals surface area contributed by atoms with Crippen molar-refractivity contribution < 1.29 is 14.3 Å². The highest BCUT2D eigenvalue weighted by Crippen LogP contribution is 2.08. The van der Waals surface area contributed by atoms with E-state index in [4.69, 9.17) is 0 Å². The molecule has 0 saturated heterocycles. The van der Waals surface area contributed by atoms with Gasteiger partial charge in [-0.1, -0.05) is 13.8 Å². The van der Waals surface area contributed by atoms with E-state index in [-0.39, 0.29) is 11.8 Å². The van der Waals surface area contributed by atoms with Crippen molar-refractivity contribution in [3.63, 3.8) is 0 Å². The van der Waals surface area contributed by atoms with Gasteiger partial charge in [0, 0.05) is 12.1 Å². The maximum absolute atomic E-state index is 11.8. The van der Waals surface area contributed by atoms with Gasteiger partial charge in [-0.2, -0.15) is 0 Å². The Kier molecular flexibility index (Phi) is 5.99. The number of esters is 1. The maximum Gasteiger partial charge on any atom is 0.337 e. The third-order valence-electron chi connectivity index (χ3n) is 3.04. The van der Waals surface area contributed by atoms with E-state index in [0.29, 0.717) is 17.8 Å². The Bertz CT molecular complexity index is 442. The number of amides is 1. The van der Waals surface area contributed by atoms with E-state index in [1.165, 1.54) is 13.3 Å². The first kappa shape index (κ1) is 15.1. The van der Waals surface area contributed by atoms with Crippen molar-refractivity contribution in [2.45, 2.75) is 33.2 Å². The summed E-state index contributed by atoms with van der Waals surface area (Å²) in [6, 6.07) is 3.21. The van der Waals surface area contributed by atoms with E-state index in [2.05, 4.69) is 15.0 Å². The van der Waals surface area contributed by atoms with Gasteiger partial charge in [-0.25, -0.2) is 4.79 Å². The molecule has 0 spiro atoms. The molecular weight excluding hydrogens is 244 g/mol. The highest BCUT2D eigenvalue weighted by Gasteiger charge is 2.14. The zero-order valence-electron chi connectivity index (χ0n) is 11.6. The highest BCUT2D eigenvalue weighted by atomic mass is 16.5. The lowest BCUT2D eigenvalue weighted by Crippen LogP contribution is -2.30. The fourth-order valence-electron chi connectivity index (χ4n) is 1.80. The molecule has 1 amide bonds. The van der Waals surface area contributed by atoms with Crippen LogP contribution in [0.25, 0.3) is 0 Å². The smallest absolute Gasteiger partial charge is 0.337 e. The van der Waals surface area contributed by atoms with Gasteiger partial charge < -0.3 is 10.1 Å². The summed E-state index contributed by atoms with van der Waals surface area (Å²) in [4.78, 5) is 27.3. The van der Waals surface area contributed by atoms with Crippen LogP contribution in [-0.2, 0) is 16.1 Å². The summed E-state index contributed by atoms with van der Waals surface area (Å²) in [5.74, 6) is -0.353. The van der Waals surface area contributed by atoms with Crippen molar-refractivity contribution in [3.8, 4) is 0 Å². The summed E-state index contributed by atoms with van der Waals surface area (Å²) in [5, 5.41) is 2.83. The van der Waals surface area contributed by atoms with Crippen molar-refractivity contribution in [3.05, 3.63) is 29.6 Å². The summed E-state index contributed by atoms with van der Waals surface area (Å²) in [6.45, 7) is 4.30. The number of methoxy groups -OCH3 is 1. The lowest BCUT2D eigenvalue weighted by Gasteiger charge is -2.12. The highest BCUT2D eigenvalue weighted by molar-refractivity contribution is 5.89. The van der Waals surface area contributed by atoms with Crippen LogP contribution in [0.1, 0.15) is 42.7 Å². The van der Waals surface area contributed by atoms with Gasteiger partial charge in [-0.05, 0) is 25.0 Å². The van der Waals surface area contributed by atoms with Gasteiger partial charge in [0.25, 0.3) is 0 Å². The van der Waals surface area contributed by atoms with Crippen LogP contribution in [0.4, 0.5) is 0 Å². The van der Waals surface area contributed by atoms with Crippen LogP contribution in [0, 0.1) is 5.92 Å². The number of rotatable bonds is 6. The molecule has 0 atom stereocenters. The first-order valence-electron chi connectivity index (χ1n) is 6.43. The molecule has 1 rings (SSSR count). The molecule has 19 heavy (non-hydrogen) atoms. The van der Waals surface area contributed by atoms with Crippen molar-refractivity contribution in [2.75, 3.05) is 7.11 Å². The molecule has 1 heterocycles. The van der Waals surface area contributed by atoms with E-state index < -0.39 is 5.97 Å². The number of nitrogens with one attached hydrogen (secondary N) is 1. The normalized spacial score (nSPS) is 10.3. The molecular formula is C14H20N2O3. The molecule has 1 aromatic heterocycles. The largest absolute Gasteiger partial charge is 0.465 e. The fraction of sp³-hybridized carbons (Fsp3) is 0.500. The summed E-state index contributed by atoms with van der Waals surface area (Å²) >= 11 is 0. The van der Waals surface area contributed by atoms with Gasteiger partial charge in [-0.3, -0.25) is 9.78 Å². The van der Waals surface area contributed by atoms with E-state index in [1.54, 1.807) is 12.1 Å². The second-order valence-corrected chi connectivity index (χ2v) is 4.26. The summed E-state index contributed by atoms with van der Waals surface area (Å²) in [5.41, 5.74) is 1.08. The number of pyridine rings is 1. The molecule has 104 valence electrons.